The van der Waals surface area contributed by atoms with E-state index >= 15 is 0 Å². The lowest BCUT2D eigenvalue weighted by Gasteiger charge is -2.38. The van der Waals surface area contributed by atoms with E-state index in [-0.39, 0.29) is 12.6 Å². The number of anilines is 1. The van der Waals surface area contributed by atoms with Crippen LogP contribution in [0.2, 0.25) is 5.02 Å². The Labute approximate surface area is 122 Å². The molecule has 0 spiro atoms. The van der Waals surface area contributed by atoms with Crippen LogP contribution in [0.1, 0.15) is 19.8 Å². The number of carboxylic acids is 1. The van der Waals surface area contributed by atoms with Crippen molar-refractivity contribution in [1.29, 1.82) is 0 Å². The van der Waals surface area contributed by atoms with Crippen LogP contribution in [0.4, 0.5) is 5.69 Å². The van der Waals surface area contributed by atoms with E-state index in [0.29, 0.717) is 10.3 Å². The third kappa shape index (κ3) is 3.80. The number of carboxylic acid groups (broad SMARTS) is 1. The molecule has 2 atom stereocenters. The van der Waals surface area contributed by atoms with E-state index in [2.05, 4.69) is 6.92 Å². The summed E-state index contributed by atoms with van der Waals surface area (Å²) in [6.07, 6.45) is 2.19. The monoisotopic (exact) mass is 299 g/mol. The number of hydrogen-bond acceptors (Lipinski definition) is 3. The van der Waals surface area contributed by atoms with Crippen LogP contribution < -0.4 is 4.90 Å². The number of aliphatic carboxylic acids is 1. The highest BCUT2D eigenvalue weighted by Crippen LogP contribution is 2.32. The van der Waals surface area contributed by atoms with E-state index in [1.165, 1.54) is 5.75 Å². The van der Waals surface area contributed by atoms with Crippen LogP contribution in [-0.4, -0.2) is 34.7 Å². The minimum Gasteiger partial charge on any atom is -0.480 e. The number of rotatable bonds is 4. The first-order valence-electron chi connectivity index (χ1n) is 6.43. The SMILES string of the molecule is CC1SCCCC1N(CC(=O)O)c1ccc(Cl)cc1. The van der Waals surface area contributed by atoms with Gasteiger partial charge in [-0.3, -0.25) is 4.79 Å². The van der Waals surface area contributed by atoms with Crippen LogP contribution in [-0.2, 0) is 4.79 Å². The van der Waals surface area contributed by atoms with Crippen LogP contribution in [0.15, 0.2) is 24.3 Å². The molecule has 2 rings (SSSR count). The summed E-state index contributed by atoms with van der Waals surface area (Å²) in [5.74, 6) is 0.372. The molecule has 1 saturated heterocycles. The van der Waals surface area contributed by atoms with Crippen molar-refractivity contribution in [3.8, 4) is 0 Å². The fraction of sp³-hybridized carbons (Fsp3) is 0.500. The summed E-state index contributed by atoms with van der Waals surface area (Å²) in [5, 5.41) is 10.3. The molecule has 0 bridgehead atoms. The Morgan fingerprint density at radius 3 is 2.74 bits per heavy atom. The van der Waals surface area contributed by atoms with Crippen LogP contribution in [0, 0.1) is 0 Å². The van der Waals surface area contributed by atoms with Crippen molar-refractivity contribution in [2.75, 3.05) is 17.2 Å². The van der Waals surface area contributed by atoms with Crippen molar-refractivity contribution in [2.45, 2.75) is 31.1 Å². The molecule has 104 valence electrons. The van der Waals surface area contributed by atoms with Gasteiger partial charge in [0.05, 0.1) is 0 Å². The smallest absolute Gasteiger partial charge is 0.323 e. The third-order valence-corrected chi connectivity index (χ3v) is 5.05. The average Bonchev–Trinajstić information content (AvgIpc) is 2.38. The molecule has 2 unspecified atom stereocenters. The largest absolute Gasteiger partial charge is 0.480 e. The Balaban J connectivity index is 2.24. The molecule has 0 saturated carbocycles. The maximum atomic E-state index is 11.1. The highest BCUT2D eigenvalue weighted by Gasteiger charge is 2.29. The Morgan fingerprint density at radius 1 is 1.47 bits per heavy atom. The zero-order valence-corrected chi connectivity index (χ0v) is 12.5. The Bertz CT molecular complexity index is 438. The molecule has 1 fully saturated rings. The van der Waals surface area contributed by atoms with E-state index in [1.807, 2.05) is 40.9 Å². The van der Waals surface area contributed by atoms with E-state index in [1.54, 1.807) is 0 Å². The first-order valence-corrected chi connectivity index (χ1v) is 7.86. The molecule has 1 N–H and O–H groups in total. The van der Waals surface area contributed by atoms with Gasteiger partial charge in [-0.15, -0.1) is 0 Å². The number of hydrogen-bond donors (Lipinski definition) is 1. The second kappa shape index (κ2) is 6.53. The topological polar surface area (TPSA) is 40.5 Å². The zero-order chi connectivity index (χ0) is 13.8. The summed E-state index contributed by atoms with van der Waals surface area (Å²) in [6, 6.07) is 7.70. The molecule has 0 aliphatic carbocycles. The molecule has 1 aliphatic rings. The maximum Gasteiger partial charge on any atom is 0.323 e. The van der Waals surface area contributed by atoms with E-state index in [4.69, 9.17) is 16.7 Å². The molecule has 1 aliphatic heterocycles. The predicted molar refractivity (Wildman–Crippen MR) is 81.4 cm³/mol. The normalized spacial score (nSPS) is 23.1. The minimum absolute atomic E-state index is 0.0389. The predicted octanol–water partition coefficient (Wildman–Crippen LogP) is 3.52. The van der Waals surface area contributed by atoms with Crippen LogP contribution in [0.5, 0.6) is 0 Å². The van der Waals surface area contributed by atoms with Gasteiger partial charge in [-0.2, -0.15) is 11.8 Å². The first-order chi connectivity index (χ1) is 9.08. The fourth-order valence-electron chi connectivity index (χ4n) is 2.50. The van der Waals surface area contributed by atoms with Crippen molar-refractivity contribution in [3.63, 3.8) is 0 Å². The van der Waals surface area contributed by atoms with Gasteiger partial charge in [0.1, 0.15) is 6.54 Å². The fourth-order valence-corrected chi connectivity index (χ4v) is 3.83. The summed E-state index contributed by atoms with van der Waals surface area (Å²) in [7, 11) is 0. The van der Waals surface area contributed by atoms with Crippen molar-refractivity contribution < 1.29 is 9.90 Å². The van der Waals surface area contributed by atoms with Crippen molar-refractivity contribution in [3.05, 3.63) is 29.3 Å². The van der Waals surface area contributed by atoms with Gasteiger partial charge < -0.3 is 10.0 Å². The molecule has 0 aromatic heterocycles. The number of nitrogens with zero attached hydrogens (tertiary/aromatic N) is 1. The molecule has 0 radical (unpaired) electrons. The summed E-state index contributed by atoms with van der Waals surface area (Å²) in [4.78, 5) is 13.1. The number of thioether (sulfide) groups is 1. The van der Waals surface area contributed by atoms with Gasteiger partial charge in [-0.05, 0) is 42.9 Å². The van der Waals surface area contributed by atoms with Crippen LogP contribution in [0.3, 0.4) is 0 Å². The van der Waals surface area contributed by atoms with Gasteiger partial charge in [-0.1, -0.05) is 18.5 Å². The zero-order valence-electron chi connectivity index (χ0n) is 10.9. The molecule has 5 heteroatoms. The van der Waals surface area contributed by atoms with Crippen LogP contribution >= 0.6 is 23.4 Å². The third-order valence-electron chi connectivity index (χ3n) is 3.43. The van der Waals surface area contributed by atoms with Crippen molar-refractivity contribution in [2.24, 2.45) is 0 Å². The number of benzene rings is 1. The molecule has 0 amide bonds. The van der Waals surface area contributed by atoms with Gasteiger partial charge in [-0.25, -0.2) is 0 Å². The Kier molecular flexibility index (Phi) is 4.99. The van der Waals surface area contributed by atoms with Gasteiger partial charge in [0, 0.05) is 22.0 Å². The minimum atomic E-state index is -0.794. The highest BCUT2D eigenvalue weighted by atomic mass is 35.5. The summed E-state index contributed by atoms with van der Waals surface area (Å²) < 4.78 is 0. The molecule has 1 heterocycles. The average molecular weight is 300 g/mol. The van der Waals surface area contributed by atoms with Gasteiger partial charge in [0.15, 0.2) is 0 Å². The lowest BCUT2D eigenvalue weighted by molar-refractivity contribution is -0.135. The second-order valence-corrected chi connectivity index (χ2v) is 6.71. The first kappa shape index (κ1) is 14.5. The number of carbonyl (C=O) groups is 1. The molecule has 1 aromatic rings. The van der Waals surface area contributed by atoms with Gasteiger partial charge in [0.25, 0.3) is 0 Å². The second-order valence-electron chi connectivity index (χ2n) is 4.78. The maximum absolute atomic E-state index is 11.1. The quantitative estimate of drug-likeness (QED) is 0.923. The summed E-state index contributed by atoms with van der Waals surface area (Å²) >= 11 is 7.82. The molecule has 3 nitrogen and oxygen atoms in total. The van der Waals surface area contributed by atoms with E-state index < -0.39 is 5.97 Å². The summed E-state index contributed by atoms with van der Waals surface area (Å²) in [6.45, 7) is 2.22. The lowest BCUT2D eigenvalue weighted by Crippen LogP contribution is -2.46. The number of halogens is 1. The lowest BCUT2D eigenvalue weighted by atomic mass is 10.1. The van der Waals surface area contributed by atoms with Crippen molar-refractivity contribution >= 4 is 35.0 Å². The van der Waals surface area contributed by atoms with Crippen LogP contribution in [0.25, 0.3) is 0 Å². The van der Waals surface area contributed by atoms with E-state index in [0.717, 1.165) is 18.5 Å². The summed E-state index contributed by atoms with van der Waals surface area (Å²) in [5.41, 5.74) is 0.936. The van der Waals surface area contributed by atoms with Gasteiger partial charge >= 0.3 is 5.97 Å². The molecular weight excluding hydrogens is 282 g/mol. The van der Waals surface area contributed by atoms with Crippen molar-refractivity contribution in [1.82, 2.24) is 0 Å². The van der Waals surface area contributed by atoms with Gasteiger partial charge in [0.2, 0.25) is 0 Å². The molecule has 19 heavy (non-hydrogen) atoms. The Hall–Kier alpha value is -0.870. The standard InChI is InChI=1S/C14H18ClNO2S/c1-10-13(3-2-8-19-10)16(9-14(17)18)12-6-4-11(15)5-7-12/h4-7,10,13H,2-3,8-9H2,1H3,(H,17,18). The van der Waals surface area contributed by atoms with E-state index in [9.17, 15) is 4.79 Å². The molecule has 1 aromatic carbocycles. The Morgan fingerprint density at radius 2 is 2.16 bits per heavy atom. The highest BCUT2D eigenvalue weighted by molar-refractivity contribution is 8.00. The molecular formula is C14H18ClNO2S.